The topological polar surface area (TPSA) is 26.6 Å². The van der Waals surface area contributed by atoms with Crippen molar-refractivity contribution in [1.29, 1.82) is 0 Å². The van der Waals surface area contributed by atoms with Gasteiger partial charge < -0.3 is 14.0 Å². The van der Waals surface area contributed by atoms with E-state index in [2.05, 4.69) is 40.8 Å². The van der Waals surface area contributed by atoms with Gasteiger partial charge in [-0.15, -0.1) is 11.3 Å². The van der Waals surface area contributed by atoms with Gasteiger partial charge in [0.2, 0.25) is 0 Å². The Bertz CT molecular complexity index is 592. The molecular weight excluding hydrogens is 284 g/mol. The van der Waals surface area contributed by atoms with E-state index in [4.69, 9.17) is 9.47 Å². The number of aromatic nitrogens is 1. The lowest BCUT2D eigenvalue weighted by Crippen LogP contribution is -2.48. The molecule has 0 aromatic carbocycles. The van der Waals surface area contributed by atoms with Crippen LogP contribution >= 0.6 is 11.3 Å². The number of hydrogen-bond donors (Lipinski definition) is 0. The average Bonchev–Trinajstić information content (AvgIpc) is 3.05. The highest BCUT2D eigenvalue weighted by Crippen LogP contribution is 2.25. The molecule has 2 aromatic heterocycles. The lowest BCUT2D eigenvalue weighted by atomic mass is 10.2. The molecule has 2 atom stereocenters. The molecule has 0 bridgehead atoms. The summed E-state index contributed by atoms with van der Waals surface area (Å²) in [5.41, 5.74) is 1.35. The maximum absolute atomic E-state index is 5.81. The molecule has 0 spiro atoms. The molecule has 116 valence electrons. The molecule has 0 saturated carbocycles. The van der Waals surface area contributed by atoms with Crippen LogP contribution < -0.4 is 0 Å². The van der Waals surface area contributed by atoms with Crippen molar-refractivity contribution in [1.82, 2.24) is 9.47 Å². The lowest BCUT2D eigenvalue weighted by Gasteiger charge is -2.35. The summed E-state index contributed by atoms with van der Waals surface area (Å²) in [4.78, 5) is 3.88. The average molecular weight is 308 g/mol. The summed E-state index contributed by atoms with van der Waals surface area (Å²) in [7, 11) is 1.75. The number of nitrogens with zero attached hydrogens (tertiary/aromatic N) is 2. The summed E-state index contributed by atoms with van der Waals surface area (Å²) in [6, 6.07) is 4.48. The highest BCUT2D eigenvalue weighted by atomic mass is 32.1. The maximum Gasteiger partial charge on any atom is 0.103 e. The van der Waals surface area contributed by atoms with E-state index >= 15 is 0 Å². The Balaban J connectivity index is 1.62. The van der Waals surface area contributed by atoms with Crippen LogP contribution in [-0.2, 0) is 16.0 Å². The second kappa shape index (κ2) is 6.48. The normalized spacial score (nSPS) is 22.0. The summed E-state index contributed by atoms with van der Waals surface area (Å²) in [6.07, 6.45) is 0.349. The van der Waals surface area contributed by atoms with E-state index in [9.17, 15) is 0 Å². The molecule has 1 fully saturated rings. The number of fused-ring (bicyclic) bond motifs is 1. The highest BCUT2D eigenvalue weighted by Gasteiger charge is 2.25. The van der Waals surface area contributed by atoms with Crippen LogP contribution in [0.3, 0.4) is 0 Å². The minimum absolute atomic E-state index is 0.158. The van der Waals surface area contributed by atoms with Gasteiger partial charge in [-0.25, -0.2) is 0 Å². The number of methoxy groups -OCH3 is 1. The van der Waals surface area contributed by atoms with Gasteiger partial charge in [0.15, 0.2) is 0 Å². The molecule has 2 unspecified atom stereocenters. The van der Waals surface area contributed by atoms with E-state index in [1.807, 2.05) is 11.3 Å². The first kappa shape index (κ1) is 15.0. The molecule has 2 aromatic rings. The van der Waals surface area contributed by atoms with Crippen molar-refractivity contribution in [2.75, 3.05) is 33.4 Å². The van der Waals surface area contributed by atoms with Crippen LogP contribution in [0.2, 0.25) is 0 Å². The predicted molar refractivity (Wildman–Crippen MR) is 87.2 cm³/mol. The van der Waals surface area contributed by atoms with Crippen molar-refractivity contribution >= 4 is 21.6 Å². The van der Waals surface area contributed by atoms with Crippen molar-refractivity contribution in [2.24, 2.45) is 0 Å². The first-order valence-electron chi connectivity index (χ1n) is 7.59. The van der Waals surface area contributed by atoms with Gasteiger partial charge in [-0.2, -0.15) is 0 Å². The fraction of sp³-hybridized carbons (Fsp3) is 0.625. The minimum atomic E-state index is 0.158. The molecule has 1 aliphatic rings. The van der Waals surface area contributed by atoms with Gasteiger partial charge in [0, 0.05) is 44.4 Å². The SMILES string of the molecule is COC(C)C1CN(CCn2c(C)cc3ccsc32)CCO1. The van der Waals surface area contributed by atoms with Crippen molar-refractivity contribution < 1.29 is 9.47 Å². The Morgan fingerprint density at radius 1 is 1.48 bits per heavy atom. The van der Waals surface area contributed by atoms with Gasteiger partial charge >= 0.3 is 0 Å². The van der Waals surface area contributed by atoms with E-state index in [1.165, 1.54) is 15.9 Å². The van der Waals surface area contributed by atoms with Crippen LogP contribution in [0.5, 0.6) is 0 Å². The van der Waals surface area contributed by atoms with Crippen LogP contribution in [-0.4, -0.2) is 55.0 Å². The third-order valence-corrected chi connectivity index (χ3v) is 5.37. The molecule has 3 heterocycles. The Kier molecular flexibility index (Phi) is 4.64. The number of aryl methyl sites for hydroxylation is 1. The van der Waals surface area contributed by atoms with E-state index in [1.54, 1.807) is 7.11 Å². The molecule has 3 rings (SSSR count). The number of morpholine rings is 1. The summed E-state index contributed by atoms with van der Waals surface area (Å²) < 4.78 is 13.6. The lowest BCUT2D eigenvalue weighted by molar-refractivity contribution is -0.0944. The van der Waals surface area contributed by atoms with Crippen LogP contribution in [0, 0.1) is 6.92 Å². The molecule has 4 nitrogen and oxygen atoms in total. The fourth-order valence-corrected chi connectivity index (χ4v) is 3.96. The molecule has 1 saturated heterocycles. The van der Waals surface area contributed by atoms with Crippen LogP contribution in [0.1, 0.15) is 12.6 Å². The van der Waals surface area contributed by atoms with Crippen molar-refractivity contribution in [3.05, 3.63) is 23.2 Å². The first-order valence-corrected chi connectivity index (χ1v) is 8.47. The zero-order chi connectivity index (χ0) is 14.8. The Hall–Kier alpha value is -0.880. The number of thiophene rings is 1. The van der Waals surface area contributed by atoms with Gasteiger partial charge in [-0.3, -0.25) is 4.90 Å². The van der Waals surface area contributed by atoms with Gasteiger partial charge in [0.25, 0.3) is 0 Å². The van der Waals surface area contributed by atoms with Gasteiger partial charge in [0.05, 0.1) is 18.8 Å². The summed E-state index contributed by atoms with van der Waals surface area (Å²) in [6.45, 7) is 9.17. The van der Waals surface area contributed by atoms with Gasteiger partial charge in [-0.1, -0.05) is 0 Å². The van der Waals surface area contributed by atoms with Crippen molar-refractivity contribution in [3.8, 4) is 0 Å². The second-order valence-electron chi connectivity index (χ2n) is 5.77. The molecule has 0 amide bonds. The quantitative estimate of drug-likeness (QED) is 0.850. The molecular formula is C16H24N2O2S. The molecule has 5 heteroatoms. The Labute approximate surface area is 130 Å². The predicted octanol–water partition coefficient (Wildman–Crippen LogP) is 2.75. The molecule has 0 N–H and O–H groups in total. The zero-order valence-electron chi connectivity index (χ0n) is 13.0. The number of ether oxygens (including phenoxy) is 2. The monoisotopic (exact) mass is 308 g/mol. The molecule has 0 aliphatic carbocycles. The Morgan fingerprint density at radius 2 is 2.33 bits per heavy atom. The van der Waals surface area contributed by atoms with Crippen molar-refractivity contribution in [2.45, 2.75) is 32.6 Å². The molecule has 1 aliphatic heterocycles. The fourth-order valence-electron chi connectivity index (χ4n) is 2.99. The van der Waals surface area contributed by atoms with E-state index in [0.29, 0.717) is 0 Å². The summed E-state index contributed by atoms with van der Waals surface area (Å²) >= 11 is 1.83. The largest absolute Gasteiger partial charge is 0.379 e. The summed E-state index contributed by atoms with van der Waals surface area (Å²) in [5.74, 6) is 0. The third kappa shape index (κ3) is 3.16. The Morgan fingerprint density at radius 3 is 3.14 bits per heavy atom. The van der Waals surface area contributed by atoms with E-state index in [0.717, 1.165) is 32.8 Å². The first-order chi connectivity index (χ1) is 10.2. The third-order valence-electron chi connectivity index (χ3n) is 4.42. The highest BCUT2D eigenvalue weighted by molar-refractivity contribution is 7.16. The zero-order valence-corrected chi connectivity index (χ0v) is 13.9. The summed E-state index contributed by atoms with van der Waals surface area (Å²) in [5, 5.41) is 3.54. The minimum Gasteiger partial charge on any atom is -0.379 e. The van der Waals surface area contributed by atoms with Crippen molar-refractivity contribution in [3.63, 3.8) is 0 Å². The number of hydrogen-bond acceptors (Lipinski definition) is 4. The van der Waals surface area contributed by atoms with Gasteiger partial charge in [0.1, 0.15) is 4.83 Å². The second-order valence-corrected chi connectivity index (χ2v) is 6.66. The smallest absolute Gasteiger partial charge is 0.103 e. The van der Waals surface area contributed by atoms with Crippen LogP contribution in [0.4, 0.5) is 0 Å². The molecule has 0 radical (unpaired) electrons. The van der Waals surface area contributed by atoms with E-state index < -0.39 is 0 Å². The molecule has 21 heavy (non-hydrogen) atoms. The van der Waals surface area contributed by atoms with Gasteiger partial charge in [-0.05, 0) is 31.4 Å². The maximum atomic E-state index is 5.81. The van der Waals surface area contributed by atoms with Crippen LogP contribution in [0.15, 0.2) is 17.5 Å². The number of rotatable bonds is 5. The standard InChI is InChI=1S/C16H24N2O2S/c1-12-10-14-4-9-21-16(14)18(12)6-5-17-7-8-20-15(11-17)13(2)19-3/h4,9-10,13,15H,5-8,11H2,1-3H3. The van der Waals surface area contributed by atoms with E-state index in [-0.39, 0.29) is 12.2 Å². The van der Waals surface area contributed by atoms with Crippen LogP contribution in [0.25, 0.3) is 10.2 Å².